The molecule has 0 unspecified atom stereocenters. The molecule has 2 rings (SSSR count). The predicted octanol–water partition coefficient (Wildman–Crippen LogP) is 3.74. The van der Waals surface area contributed by atoms with Gasteiger partial charge < -0.3 is 14.6 Å². The Bertz CT molecular complexity index is 726. The molecule has 0 bridgehead atoms. The summed E-state index contributed by atoms with van der Waals surface area (Å²) in [7, 11) is 0. The minimum absolute atomic E-state index is 0.0842. The van der Waals surface area contributed by atoms with E-state index < -0.39 is 5.60 Å². The average Bonchev–Trinajstić information content (AvgIpc) is 2.53. The minimum atomic E-state index is -0.534. The van der Waals surface area contributed by atoms with Crippen molar-refractivity contribution in [2.45, 2.75) is 33.0 Å². The van der Waals surface area contributed by atoms with Crippen molar-refractivity contribution in [1.29, 1.82) is 0 Å². The van der Waals surface area contributed by atoms with Gasteiger partial charge in [0.05, 0.1) is 11.1 Å². The number of ether oxygens (including phenoxy) is 2. The van der Waals surface area contributed by atoms with E-state index in [0.717, 1.165) is 5.56 Å². The SMILES string of the molecule is CC(C)(C)OC(=O)c1ccc(COc2ccc(O)c(C=O)c2)cc1. The molecule has 0 heterocycles. The van der Waals surface area contributed by atoms with Gasteiger partial charge in [0.25, 0.3) is 0 Å². The van der Waals surface area contributed by atoms with Crippen LogP contribution in [-0.2, 0) is 11.3 Å². The molecule has 0 saturated carbocycles. The summed E-state index contributed by atoms with van der Waals surface area (Å²) in [6.07, 6.45) is 0.567. The Morgan fingerprint density at radius 2 is 1.79 bits per heavy atom. The van der Waals surface area contributed by atoms with Gasteiger partial charge in [-0.1, -0.05) is 12.1 Å². The second-order valence-electron chi connectivity index (χ2n) is 6.33. The van der Waals surface area contributed by atoms with Gasteiger partial charge >= 0.3 is 5.97 Å². The normalized spacial score (nSPS) is 11.0. The zero-order chi connectivity index (χ0) is 17.7. The number of benzene rings is 2. The Labute approximate surface area is 140 Å². The third-order valence-corrected chi connectivity index (χ3v) is 3.12. The topological polar surface area (TPSA) is 72.8 Å². The van der Waals surface area contributed by atoms with E-state index in [2.05, 4.69) is 0 Å². The maximum absolute atomic E-state index is 11.9. The maximum Gasteiger partial charge on any atom is 0.338 e. The number of aromatic hydroxyl groups is 1. The highest BCUT2D eigenvalue weighted by molar-refractivity contribution is 5.89. The van der Waals surface area contributed by atoms with Crippen molar-refractivity contribution in [3.05, 3.63) is 59.2 Å². The lowest BCUT2D eigenvalue weighted by atomic mass is 10.1. The van der Waals surface area contributed by atoms with Crippen LogP contribution in [0, 0.1) is 0 Å². The van der Waals surface area contributed by atoms with Crippen LogP contribution in [0.3, 0.4) is 0 Å². The highest BCUT2D eigenvalue weighted by Gasteiger charge is 2.17. The highest BCUT2D eigenvalue weighted by atomic mass is 16.6. The molecule has 0 aliphatic carbocycles. The molecule has 2 aromatic rings. The predicted molar refractivity (Wildman–Crippen MR) is 89.4 cm³/mol. The number of phenols is 1. The first-order chi connectivity index (χ1) is 11.3. The quantitative estimate of drug-likeness (QED) is 0.668. The first kappa shape index (κ1) is 17.5. The molecule has 0 amide bonds. The number of carbonyl (C=O) groups is 2. The largest absolute Gasteiger partial charge is 0.507 e. The van der Waals surface area contributed by atoms with Crippen LogP contribution in [0.25, 0.3) is 0 Å². The van der Waals surface area contributed by atoms with Crippen molar-refractivity contribution < 1.29 is 24.2 Å². The molecule has 5 heteroatoms. The van der Waals surface area contributed by atoms with E-state index in [-0.39, 0.29) is 23.9 Å². The van der Waals surface area contributed by atoms with Gasteiger partial charge in [0, 0.05) is 0 Å². The summed E-state index contributed by atoms with van der Waals surface area (Å²) in [4.78, 5) is 22.7. The van der Waals surface area contributed by atoms with Gasteiger partial charge in [0.2, 0.25) is 0 Å². The second-order valence-corrected chi connectivity index (χ2v) is 6.33. The molecule has 0 fully saturated rings. The molecule has 24 heavy (non-hydrogen) atoms. The van der Waals surface area contributed by atoms with Gasteiger partial charge in [-0.05, 0) is 56.7 Å². The van der Waals surface area contributed by atoms with Crippen molar-refractivity contribution in [2.24, 2.45) is 0 Å². The van der Waals surface area contributed by atoms with Gasteiger partial charge in [0.1, 0.15) is 23.7 Å². The third-order valence-electron chi connectivity index (χ3n) is 3.12. The summed E-state index contributed by atoms with van der Waals surface area (Å²) in [6.45, 7) is 5.73. The van der Waals surface area contributed by atoms with Crippen molar-refractivity contribution in [3.8, 4) is 11.5 Å². The van der Waals surface area contributed by atoms with Crippen molar-refractivity contribution in [1.82, 2.24) is 0 Å². The van der Waals surface area contributed by atoms with E-state index in [1.54, 1.807) is 30.3 Å². The lowest BCUT2D eigenvalue weighted by Gasteiger charge is -2.19. The van der Waals surface area contributed by atoms with Crippen LogP contribution >= 0.6 is 0 Å². The van der Waals surface area contributed by atoms with E-state index in [4.69, 9.17) is 9.47 Å². The molecule has 126 valence electrons. The van der Waals surface area contributed by atoms with Gasteiger partial charge in [0.15, 0.2) is 6.29 Å². The van der Waals surface area contributed by atoms with Gasteiger partial charge in [-0.3, -0.25) is 4.79 Å². The van der Waals surface area contributed by atoms with E-state index in [0.29, 0.717) is 17.6 Å². The summed E-state index contributed by atoms with van der Waals surface area (Å²) in [5.41, 5.74) is 0.978. The van der Waals surface area contributed by atoms with E-state index in [1.165, 1.54) is 12.1 Å². The molecule has 0 saturated heterocycles. The molecule has 0 radical (unpaired) electrons. The summed E-state index contributed by atoms with van der Waals surface area (Å²) < 4.78 is 10.9. The summed E-state index contributed by atoms with van der Waals surface area (Å²) in [5, 5.41) is 9.45. The van der Waals surface area contributed by atoms with E-state index >= 15 is 0 Å². The number of carbonyl (C=O) groups excluding carboxylic acids is 2. The summed E-state index contributed by atoms with van der Waals surface area (Å²) in [5.74, 6) is 0.0225. The summed E-state index contributed by atoms with van der Waals surface area (Å²) in [6, 6.07) is 11.4. The first-order valence-electron chi connectivity index (χ1n) is 7.52. The van der Waals surface area contributed by atoms with Crippen molar-refractivity contribution in [2.75, 3.05) is 0 Å². The number of hydrogen-bond donors (Lipinski definition) is 1. The smallest absolute Gasteiger partial charge is 0.338 e. The highest BCUT2D eigenvalue weighted by Crippen LogP contribution is 2.22. The number of rotatable bonds is 5. The molecule has 1 N–H and O–H groups in total. The van der Waals surface area contributed by atoms with Crippen LogP contribution < -0.4 is 4.74 Å². The Morgan fingerprint density at radius 1 is 1.12 bits per heavy atom. The molecular weight excluding hydrogens is 308 g/mol. The van der Waals surface area contributed by atoms with Crippen LogP contribution in [0.2, 0.25) is 0 Å². The molecule has 0 aliphatic rings. The van der Waals surface area contributed by atoms with Gasteiger partial charge in [-0.15, -0.1) is 0 Å². The lowest BCUT2D eigenvalue weighted by Crippen LogP contribution is -2.23. The minimum Gasteiger partial charge on any atom is -0.507 e. The molecular formula is C19H20O5. The van der Waals surface area contributed by atoms with Crippen molar-refractivity contribution in [3.63, 3.8) is 0 Å². The molecule has 2 aromatic carbocycles. The molecule has 5 nitrogen and oxygen atoms in total. The van der Waals surface area contributed by atoms with Crippen LogP contribution in [0.1, 0.15) is 47.1 Å². The molecule has 0 spiro atoms. The van der Waals surface area contributed by atoms with Crippen LogP contribution in [-0.4, -0.2) is 23.0 Å². The number of hydrogen-bond acceptors (Lipinski definition) is 5. The molecule has 0 atom stereocenters. The van der Waals surface area contributed by atoms with Crippen molar-refractivity contribution >= 4 is 12.3 Å². The number of aldehydes is 1. The Balaban J connectivity index is 1.99. The fourth-order valence-corrected chi connectivity index (χ4v) is 1.96. The van der Waals surface area contributed by atoms with Crippen LogP contribution in [0.15, 0.2) is 42.5 Å². The Morgan fingerprint density at radius 3 is 2.38 bits per heavy atom. The standard InChI is InChI=1S/C19H20O5/c1-19(2,3)24-18(22)14-6-4-13(5-7-14)12-23-16-8-9-17(21)15(10-16)11-20/h4-11,21H,12H2,1-3H3. The first-order valence-corrected chi connectivity index (χ1v) is 7.52. The zero-order valence-corrected chi connectivity index (χ0v) is 13.9. The fourth-order valence-electron chi connectivity index (χ4n) is 1.96. The number of esters is 1. The maximum atomic E-state index is 11.9. The zero-order valence-electron chi connectivity index (χ0n) is 13.9. The fraction of sp³-hybridized carbons (Fsp3) is 0.263. The van der Waals surface area contributed by atoms with E-state index in [1.807, 2.05) is 20.8 Å². The average molecular weight is 328 g/mol. The second kappa shape index (κ2) is 7.17. The van der Waals surface area contributed by atoms with Crippen LogP contribution in [0.5, 0.6) is 11.5 Å². The molecule has 0 aliphatic heterocycles. The lowest BCUT2D eigenvalue weighted by molar-refractivity contribution is 0.00694. The monoisotopic (exact) mass is 328 g/mol. The van der Waals surface area contributed by atoms with E-state index in [9.17, 15) is 14.7 Å². The van der Waals surface area contributed by atoms with Gasteiger partial charge in [-0.25, -0.2) is 4.79 Å². The van der Waals surface area contributed by atoms with Gasteiger partial charge in [-0.2, -0.15) is 0 Å². The van der Waals surface area contributed by atoms with Crippen LogP contribution in [0.4, 0.5) is 0 Å². The Hall–Kier alpha value is -2.82. The summed E-state index contributed by atoms with van der Waals surface area (Å²) >= 11 is 0. The number of phenolic OH excluding ortho intramolecular Hbond substituents is 1. The Kier molecular flexibility index (Phi) is 5.24. The third kappa shape index (κ3) is 4.84. The molecule has 0 aromatic heterocycles.